The van der Waals surface area contributed by atoms with Gasteiger partial charge in [0.15, 0.2) is 0 Å². The lowest BCUT2D eigenvalue weighted by molar-refractivity contribution is 0.482. The molecule has 2 rings (SSSR count). The van der Waals surface area contributed by atoms with Crippen LogP contribution in [0.4, 0.5) is 0 Å². The van der Waals surface area contributed by atoms with Crippen LogP contribution in [0.15, 0.2) is 40.9 Å². The highest BCUT2D eigenvalue weighted by Crippen LogP contribution is 2.33. The minimum absolute atomic E-state index is 0.447. The van der Waals surface area contributed by atoms with Crippen LogP contribution in [0.1, 0.15) is 5.56 Å². The van der Waals surface area contributed by atoms with Gasteiger partial charge in [-0.2, -0.15) is 0 Å². The molecule has 18 heavy (non-hydrogen) atoms. The quantitative estimate of drug-likeness (QED) is 0.580. The van der Waals surface area contributed by atoms with E-state index in [1.807, 2.05) is 18.2 Å². The minimum atomic E-state index is 0.447. The van der Waals surface area contributed by atoms with Crippen LogP contribution in [0, 0.1) is 0 Å². The van der Waals surface area contributed by atoms with Crippen molar-refractivity contribution < 1.29 is 4.74 Å². The number of rotatable bonds is 3. The first-order chi connectivity index (χ1) is 8.60. The van der Waals surface area contributed by atoms with Crippen molar-refractivity contribution in [2.45, 2.75) is 5.88 Å². The van der Waals surface area contributed by atoms with Crippen molar-refractivity contribution in [2.24, 2.45) is 0 Å². The van der Waals surface area contributed by atoms with Gasteiger partial charge in [0.05, 0.1) is 5.02 Å². The molecule has 0 amide bonds. The van der Waals surface area contributed by atoms with Crippen molar-refractivity contribution in [3.63, 3.8) is 0 Å². The summed E-state index contributed by atoms with van der Waals surface area (Å²) in [6.07, 6.45) is 0. The van der Waals surface area contributed by atoms with Crippen LogP contribution in [0.25, 0.3) is 0 Å². The lowest BCUT2D eigenvalue weighted by atomic mass is 10.2. The molecular weight excluding hydrogens is 358 g/mol. The molecule has 2 aromatic rings. The first-order valence-electron chi connectivity index (χ1n) is 5.07. The van der Waals surface area contributed by atoms with Crippen molar-refractivity contribution in [1.29, 1.82) is 0 Å². The Bertz CT molecular complexity index is 572. The molecule has 0 fully saturated rings. The molecule has 0 aromatic heterocycles. The Hall–Kier alpha value is -0.410. The van der Waals surface area contributed by atoms with Gasteiger partial charge in [-0.3, -0.25) is 0 Å². The van der Waals surface area contributed by atoms with Gasteiger partial charge in [-0.1, -0.05) is 45.2 Å². The van der Waals surface area contributed by atoms with Gasteiger partial charge < -0.3 is 4.74 Å². The molecule has 0 atom stereocenters. The second-order valence-electron chi connectivity index (χ2n) is 3.56. The van der Waals surface area contributed by atoms with E-state index in [0.717, 1.165) is 10.0 Å². The summed E-state index contributed by atoms with van der Waals surface area (Å²) in [5.41, 5.74) is 1.01. The smallest absolute Gasteiger partial charge is 0.146 e. The van der Waals surface area contributed by atoms with Crippen LogP contribution in [0.2, 0.25) is 10.0 Å². The number of hydrogen-bond donors (Lipinski definition) is 0. The third-order valence-electron chi connectivity index (χ3n) is 2.29. The lowest BCUT2D eigenvalue weighted by Crippen LogP contribution is -1.87. The second-order valence-corrected chi connectivity index (χ2v) is 5.53. The molecule has 94 valence electrons. The fourth-order valence-corrected chi connectivity index (χ4v) is 2.72. The van der Waals surface area contributed by atoms with Gasteiger partial charge in [-0.05, 0) is 35.9 Å². The number of alkyl halides is 1. The van der Waals surface area contributed by atoms with E-state index in [2.05, 4.69) is 15.9 Å². The maximum Gasteiger partial charge on any atom is 0.146 e. The Kier molecular flexibility index (Phi) is 4.79. The normalized spacial score (nSPS) is 10.4. The molecule has 0 radical (unpaired) electrons. The summed E-state index contributed by atoms with van der Waals surface area (Å²) in [4.78, 5) is 0. The van der Waals surface area contributed by atoms with E-state index in [1.54, 1.807) is 18.2 Å². The molecule has 1 nitrogen and oxygen atoms in total. The zero-order valence-corrected chi connectivity index (χ0v) is 12.9. The molecule has 2 aromatic carbocycles. The predicted octanol–water partition coefficient (Wildman–Crippen LogP) is 6.29. The van der Waals surface area contributed by atoms with E-state index in [0.29, 0.717) is 27.4 Å². The standard InChI is InChI=1S/C13H8BrCl3O/c14-11-6-10(3-1-8(11)7-15)18-13-4-2-9(16)5-12(13)17/h1-6H,7H2. The topological polar surface area (TPSA) is 9.23 Å². The number of ether oxygens (including phenoxy) is 1. The summed E-state index contributed by atoms with van der Waals surface area (Å²) in [7, 11) is 0. The molecule has 0 aliphatic carbocycles. The largest absolute Gasteiger partial charge is 0.456 e. The van der Waals surface area contributed by atoms with E-state index < -0.39 is 0 Å². The van der Waals surface area contributed by atoms with Gasteiger partial charge in [-0.25, -0.2) is 0 Å². The van der Waals surface area contributed by atoms with Crippen molar-refractivity contribution >= 4 is 50.7 Å². The summed E-state index contributed by atoms with van der Waals surface area (Å²) in [6.45, 7) is 0. The Morgan fingerprint density at radius 2 is 1.83 bits per heavy atom. The Balaban J connectivity index is 2.26. The SMILES string of the molecule is ClCc1ccc(Oc2ccc(Cl)cc2Cl)cc1Br. The third-order valence-corrected chi connectivity index (χ3v) is 3.85. The van der Waals surface area contributed by atoms with E-state index >= 15 is 0 Å². The van der Waals surface area contributed by atoms with Gasteiger partial charge in [0.2, 0.25) is 0 Å². The van der Waals surface area contributed by atoms with Gasteiger partial charge in [-0.15, -0.1) is 11.6 Å². The summed E-state index contributed by atoms with van der Waals surface area (Å²) >= 11 is 21.1. The molecule has 0 aliphatic heterocycles. The Morgan fingerprint density at radius 3 is 2.44 bits per heavy atom. The highest BCUT2D eigenvalue weighted by atomic mass is 79.9. The van der Waals surface area contributed by atoms with Crippen LogP contribution in [0.3, 0.4) is 0 Å². The highest BCUT2D eigenvalue weighted by molar-refractivity contribution is 9.10. The highest BCUT2D eigenvalue weighted by Gasteiger charge is 2.06. The Labute approximate surface area is 129 Å². The van der Waals surface area contributed by atoms with Crippen LogP contribution >= 0.6 is 50.7 Å². The zero-order chi connectivity index (χ0) is 13.1. The van der Waals surface area contributed by atoms with Crippen LogP contribution in [0.5, 0.6) is 11.5 Å². The Morgan fingerprint density at radius 1 is 1.06 bits per heavy atom. The first-order valence-corrected chi connectivity index (χ1v) is 7.16. The van der Waals surface area contributed by atoms with Gasteiger partial charge >= 0.3 is 0 Å². The first kappa shape index (κ1) is 14.0. The van der Waals surface area contributed by atoms with Crippen molar-refractivity contribution in [1.82, 2.24) is 0 Å². The summed E-state index contributed by atoms with van der Waals surface area (Å²) < 4.78 is 6.58. The minimum Gasteiger partial charge on any atom is -0.456 e. The third kappa shape index (κ3) is 3.33. The van der Waals surface area contributed by atoms with Gasteiger partial charge in [0, 0.05) is 15.4 Å². The molecule has 0 heterocycles. The number of benzene rings is 2. The van der Waals surface area contributed by atoms with Gasteiger partial charge in [0.25, 0.3) is 0 Å². The van der Waals surface area contributed by atoms with Crippen molar-refractivity contribution in [3.8, 4) is 11.5 Å². The molecule has 0 saturated carbocycles. The summed E-state index contributed by atoms with van der Waals surface area (Å²) in [6, 6.07) is 10.7. The van der Waals surface area contributed by atoms with Crippen molar-refractivity contribution in [3.05, 3.63) is 56.5 Å². The van der Waals surface area contributed by atoms with E-state index in [9.17, 15) is 0 Å². The lowest BCUT2D eigenvalue weighted by Gasteiger charge is -2.09. The molecular formula is C13H8BrCl3O. The number of hydrogen-bond acceptors (Lipinski definition) is 1. The molecule has 0 N–H and O–H groups in total. The molecule has 0 saturated heterocycles. The zero-order valence-electron chi connectivity index (χ0n) is 9.09. The van der Waals surface area contributed by atoms with Crippen molar-refractivity contribution in [2.75, 3.05) is 0 Å². The van der Waals surface area contributed by atoms with E-state index in [-0.39, 0.29) is 0 Å². The van der Waals surface area contributed by atoms with Gasteiger partial charge in [0.1, 0.15) is 11.5 Å². The average Bonchev–Trinajstić information content (AvgIpc) is 2.33. The number of halogens is 4. The molecule has 0 spiro atoms. The van der Waals surface area contributed by atoms with E-state index in [1.165, 1.54) is 0 Å². The monoisotopic (exact) mass is 364 g/mol. The molecule has 0 unspecified atom stereocenters. The van der Waals surface area contributed by atoms with Crippen LogP contribution in [-0.4, -0.2) is 0 Å². The second kappa shape index (κ2) is 6.16. The molecule has 0 bridgehead atoms. The summed E-state index contributed by atoms with van der Waals surface area (Å²) in [5.74, 6) is 1.69. The van der Waals surface area contributed by atoms with E-state index in [4.69, 9.17) is 39.5 Å². The van der Waals surface area contributed by atoms with Crippen LogP contribution < -0.4 is 4.74 Å². The predicted molar refractivity (Wildman–Crippen MR) is 80.2 cm³/mol. The fraction of sp³-hybridized carbons (Fsp3) is 0.0769. The molecule has 0 aliphatic rings. The fourth-order valence-electron chi connectivity index (χ4n) is 1.38. The average molecular weight is 366 g/mol. The van der Waals surface area contributed by atoms with Crippen LogP contribution in [-0.2, 0) is 5.88 Å². The maximum atomic E-state index is 6.04. The maximum absolute atomic E-state index is 6.04. The summed E-state index contributed by atoms with van der Waals surface area (Å²) in [5, 5.41) is 1.05. The molecule has 5 heteroatoms.